The van der Waals surface area contributed by atoms with E-state index in [-0.39, 0.29) is 16.6 Å². The normalized spacial score (nSPS) is 11.2. The van der Waals surface area contributed by atoms with Crippen molar-refractivity contribution in [3.05, 3.63) is 87.1 Å². The third kappa shape index (κ3) is 4.44. The molecular weight excluding hydrogens is 420 g/mol. The first-order chi connectivity index (χ1) is 14.9. The third-order valence-corrected chi connectivity index (χ3v) is 4.81. The van der Waals surface area contributed by atoms with Crippen molar-refractivity contribution in [3.8, 4) is 11.5 Å². The second-order valence-corrected chi connectivity index (χ2v) is 7.07. The van der Waals surface area contributed by atoms with Gasteiger partial charge in [-0.1, -0.05) is 17.7 Å². The van der Waals surface area contributed by atoms with Crippen molar-refractivity contribution in [1.29, 1.82) is 0 Å². The Morgan fingerprint density at radius 3 is 2.81 bits per heavy atom. The second kappa shape index (κ2) is 8.37. The van der Waals surface area contributed by atoms with Gasteiger partial charge in [0.15, 0.2) is 11.2 Å². The summed E-state index contributed by atoms with van der Waals surface area (Å²) < 4.78 is 5.72. The van der Waals surface area contributed by atoms with Crippen LogP contribution in [0.1, 0.15) is 11.1 Å². The molecule has 1 N–H and O–H groups in total. The number of pyridine rings is 1. The van der Waals surface area contributed by atoms with Gasteiger partial charge >= 0.3 is 0 Å². The van der Waals surface area contributed by atoms with E-state index >= 15 is 0 Å². The number of nitrogens with one attached hydrogen (secondary N) is 1. The lowest BCUT2D eigenvalue weighted by molar-refractivity contribution is -0.384. The van der Waals surface area contributed by atoms with Crippen molar-refractivity contribution in [1.82, 2.24) is 9.97 Å². The first kappa shape index (κ1) is 20.2. The number of anilines is 1. The molecule has 0 aliphatic heterocycles. The summed E-state index contributed by atoms with van der Waals surface area (Å²) in [6.45, 7) is 1.85. The van der Waals surface area contributed by atoms with Gasteiger partial charge in [0.05, 0.1) is 4.92 Å². The van der Waals surface area contributed by atoms with E-state index < -0.39 is 4.92 Å². The van der Waals surface area contributed by atoms with Gasteiger partial charge in [-0.3, -0.25) is 14.9 Å². The van der Waals surface area contributed by atoms with Crippen LogP contribution in [-0.4, -0.2) is 20.8 Å². The zero-order valence-electron chi connectivity index (χ0n) is 16.2. The van der Waals surface area contributed by atoms with Gasteiger partial charge in [0.1, 0.15) is 5.02 Å². The number of aromatic nitrogens is 2. The van der Waals surface area contributed by atoms with Crippen LogP contribution in [0.5, 0.6) is 0 Å². The summed E-state index contributed by atoms with van der Waals surface area (Å²) in [5, 5.41) is 13.8. The number of carbonyl (C=O) groups excluding carboxylic acids is 1. The molecule has 0 spiro atoms. The summed E-state index contributed by atoms with van der Waals surface area (Å²) >= 11 is 5.80. The van der Waals surface area contributed by atoms with Crippen LogP contribution in [0.3, 0.4) is 0 Å². The van der Waals surface area contributed by atoms with Crippen molar-refractivity contribution in [2.45, 2.75) is 6.92 Å². The van der Waals surface area contributed by atoms with Gasteiger partial charge in [-0.15, -0.1) is 0 Å². The van der Waals surface area contributed by atoms with Crippen molar-refractivity contribution >= 4 is 46.2 Å². The first-order valence-corrected chi connectivity index (χ1v) is 9.54. The molecule has 0 radical (unpaired) electrons. The number of nitro groups is 1. The number of benzene rings is 2. The van der Waals surface area contributed by atoms with Gasteiger partial charge in [-0.05, 0) is 60.5 Å². The van der Waals surface area contributed by atoms with Crippen LogP contribution in [0.2, 0.25) is 5.02 Å². The Hall–Kier alpha value is -4.04. The van der Waals surface area contributed by atoms with E-state index in [1.54, 1.807) is 36.5 Å². The zero-order valence-corrected chi connectivity index (χ0v) is 17.0. The van der Waals surface area contributed by atoms with Crippen molar-refractivity contribution in [3.63, 3.8) is 0 Å². The molecule has 4 aromatic rings. The molecule has 0 aliphatic rings. The van der Waals surface area contributed by atoms with E-state index in [1.165, 1.54) is 24.3 Å². The number of nitrogens with zero attached hydrogens (tertiary/aromatic N) is 3. The summed E-state index contributed by atoms with van der Waals surface area (Å²) in [5.74, 6) is 0.0680. The number of carbonyl (C=O) groups is 1. The van der Waals surface area contributed by atoms with Gasteiger partial charge in [0.25, 0.3) is 5.69 Å². The molecule has 2 heterocycles. The summed E-state index contributed by atoms with van der Waals surface area (Å²) in [6, 6.07) is 13.3. The molecule has 9 heteroatoms. The topological polar surface area (TPSA) is 111 Å². The van der Waals surface area contributed by atoms with Crippen LogP contribution >= 0.6 is 11.6 Å². The Kier molecular flexibility index (Phi) is 5.46. The Morgan fingerprint density at radius 2 is 2.06 bits per heavy atom. The molecule has 154 valence electrons. The molecule has 0 saturated carbocycles. The summed E-state index contributed by atoms with van der Waals surface area (Å²) in [6.07, 6.45) is 4.43. The summed E-state index contributed by atoms with van der Waals surface area (Å²) in [7, 11) is 0. The predicted molar refractivity (Wildman–Crippen MR) is 118 cm³/mol. The Labute approximate surface area is 181 Å². The minimum atomic E-state index is -0.572. The fourth-order valence-corrected chi connectivity index (χ4v) is 3.14. The second-order valence-electron chi connectivity index (χ2n) is 6.66. The number of hydrogen-bond donors (Lipinski definition) is 1. The van der Waals surface area contributed by atoms with Crippen LogP contribution in [0, 0.1) is 17.0 Å². The largest absolute Gasteiger partial charge is 0.434 e. The van der Waals surface area contributed by atoms with E-state index in [0.29, 0.717) is 28.4 Å². The molecule has 2 aromatic carbocycles. The lowest BCUT2D eigenvalue weighted by Crippen LogP contribution is -2.08. The van der Waals surface area contributed by atoms with Crippen molar-refractivity contribution < 1.29 is 14.1 Å². The number of hydrogen-bond acceptors (Lipinski definition) is 6. The monoisotopic (exact) mass is 434 g/mol. The standard InChI is InChI=1S/C22H15ClN4O4/c1-13-11-15(22-26-21-19(31-22)3-2-10-24-21)6-8-17(13)25-20(28)9-5-14-4-7-16(23)18(12-14)27(29)30/h2-12H,1H3,(H,25,28). The highest BCUT2D eigenvalue weighted by Crippen LogP contribution is 2.27. The lowest BCUT2D eigenvalue weighted by Gasteiger charge is -2.07. The third-order valence-electron chi connectivity index (χ3n) is 4.49. The molecule has 0 aliphatic carbocycles. The van der Waals surface area contributed by atoms with Gasteiger partial charge in [-0.25, -0.2) is 4.98 Å². The molecule has 0 fully saturated rings. The molecule has 0 bridgehead atoms. The molecule has 8 nitrogen and oxygen atoms in total. The summed E-state index contributed by atoms with van der Waals surface area (Å²) in [4.78, 5) is 31.2. The highest BCUT2D eigenvalue weighted by molar-refractivity contribution is 6.32. The Morgan fingerprint density at radius 1 is 1.23 bits per heavy atom. The predicted octanol–water partition coefficient (Wildman–Crippen LogP) is 5.41. The molecule has 2 aromatic heterocycles. The summed E-state index contributed by atoms with van der Waals surface area (Å²) in [5.41, 5.74) is 3.59. The van der Waals surface area contributed by atoms with Gasteiger partial charge in [0, 0.05) is 29.6 Å². The maximum absolute atomic E-state index is 12.3. The molecular formula is C22H15ClN4O4. The lowest BCUT2D eigenvalue weighted by atomic mass is 10.1. The molecule has 31 heavy (non-hydrogen) atoms. The number of aryl methyl sites for hydroxylation is 1. The Bertz CT molecular complexity index is 1310. The molecule has 0 unspecified atom stereocenters. The number of fused-ring (bicyclic) bond motifs is 1. The van der Waals surface area contributed by atoms with E-state index in [0.717, 1.165) is 11.1 Å². The van der Waals surface area contributed by atoms with Crippen molar-refractivity contribution in [2.24, 2.45) is 0 Å². The molecule has 1 amide bonds. The Balaban J connectivity index is 1.49. The zero-order chi connectivity index (χ0) is 22.0. The van der Waals surface area contributed by atoms with E-state index in [9.17, 15) is 14.9 Å². The van der Waals surface area contributed by atoms with E-state index in [1.807, 2.05) is 13.0 Å². The van der Waals surface area contributed by atoms with E-state index in [4.69, 9.17) is 16.0 Å². The minimum Gasteiger partial charge on any atom is -0.434 e. The minimum absolute atomic E-state index is 0.0389. The number of amides is 1. The van der Waals surface area contributed by atoms with Crippen LogP contribution in [0.25, 0.3) is 28.8 Å². The first-order valence-electron chi connectivity index (χ1n) is 9.16. The average Bonchev–Trinajstić information content (AvgIpc) is 3.18. The highest BCUT2D eigenvalue weighted by Gasteiger charge is 2.13. The quantitative estimate of drug-likeness (QED) is 0.255. The number of halogens is 1. The van der Waals surface area contributed by atoms with Crippen LogP contribution in [0.15, 0.2) is 65.2 Å². The van der Waals surface area contributed by atoms with Crippen LogP contribution in [0.4, 0.5) is 11.4 Å². The number of rotatable bonds is 5. The number of nitro benzene ring substituents is 1. The van der Waals surface area contributed by atoms with Crippen molar-refractivity contribution in [2.75, 3.05) is 5.32 Å². The molecule has 0 saturated heterocycles. The average molecular weight is 435 g/mol. The van der Waals surface area contributed by atoms with Gasteiger partial charge < -0.3 is 9.73 Å². The van der Waals surface area contributed by atoms with Crippen LogP contribution in [-0.2, 0) is 4.79 Å². The number of oxazole rings is 1. The SMILES string of the molecule is Cc1cc(-c2nc3ncccc3o2)ccc1NC(=O)C=Cc1ccc(Cl)c([N+](=O)[O-])c1. The molecule has 4 rings (SSSR count). The maximum Gasteiger partial charge on any atom is 0.288 e. The highest BCUT2D eigenvalue weighted by atomic mass is 35.5. The maximum atomic E-state index is 12.3. The fourth-order valence-electron chi connectivity index (χ4n) is 2.95. The van der Waals surface area contributed by atoms with E-state index in [2.05, 4.69) is 15.3 Å². The molecule has 0 atom stereocenters. The fraction of sp³-hybridized carbons (Fsp3) is 0.0455. The smallest absolute Gasteiger partial charge is 0.288 e. The van der Waals surface area contributed by atoms with Gasteiger partial charge in [0.2, 0.25) is 11.8 Å². The van der Waals surface area contributed by atoms with Gasteiger partial charge in [-0.2, -0.15) is 4.98 Å². The van der Waals surface area contributed by atoms with Crippen LogP contribution < -0.4 is 5.32 Å².